The zero-order chi connectivity index (χ0) is 21.8. The second kappa shape index (κ2) is 7.35. The molecule has 3 aliphatic rings. The Morgan fingerprint density at radius 2 is 2.06 bits per heavy atom. The Hall–Kier alpha value is -2.37. The van der Waals surface area contributed by atoms with Gasteiger partial charge in [-0.25, -0.2) is 9.67 Å². The van der Waals surface area contributed by atoms with Crippen LogP contribution in [0.5, 0.6) is 0 Å². The van der Waals surface area contributed by atoms with Crippen molar-refractivity contribution in [3.05, 3.63) is 18.0 Å². The molecule has 0 unspecified atom stereocenters. The summed E-state index contributed by atoms with van der Waals surface area (Å²) in [5.74, 6) is -0.376. The highest BCUT2D eigenvalue weighted by molar-refractivity contribution is 8.24. The lowest BCUT2D eigenvalue weighted by Gasteiger charge is -2.40. The maximum Gasteiger partial charge on any atom is 0.306 e. The van der Waals surface area contributed by atoms with E-state index < -0.39 is 22.2 Å². The summed E-state index contributed by atoms with van der Waals surface area (Å²) in [5, 5.41) is 22.5. The number of nitrogens with zero attached hydrogens (tertiary/aromatic N) is 4. The molecular weight excluding hydrogens is 422 g/mol. The van der Waals surface area contributed by atoms with Gasteiger partial charge < -0.3 is 15.3 Å². The predicted octanol–water partition coefficient (Wildman–Crippen LogP) is 3.13. The molecule has 1 aliphatic carbocycles. The van der Waals surface area contributed by atoms with E-state index in [1.54, 1.807) is 12.4 Å². The number of carboxylic acid groups (broad SMARTS) is 1. The minimum atomic E-state index is -2.46. The molecule has 31 heavy (non-hydrogen) atoms. The third kappa shape index (κ3) is 3.64. The summed E-state index contributed by atoms with van der Waals surface area (Å²) in [6.45, 7) is 2.71. The quantitative estimate of drug-likeness (QED) is 0.545. The summed E-state index contributed by atoms with van der Waals surface area (Å²) in [6.07, 6.45) is 6.38. The number of carbonyl (C=O) groups is 1. The molecule has 5 rings (SSSR count). The molecule has 1 saturated heterocycles. The molecule has 4 N–H and O–H groups in total. The van der Waals surface area contributed by atoms with Gasteiger partial charge in [-0.2, -0.15) is 15.7 Å². The highest BCUT2D eigenvalue weighted by Gasteiger charge is 2.53. The van der Waals surface area contributed by atoms with Crippen molar-refractivity contribution in [2.75, 3.05) is 16.8 Å². The highest BCUT2D eigenvalue weighted by Crippen LogP contribution is 2.48. The van der Waals surface area contributed by atoms with Crippen molar-refractivity contribution in [3.8, 4) is 0 Å². The molecule has 0 aromatic carbocycles. The number of rotatable bonds is 5. The van der Waals surface area contributed by atoms with Crippen molar-refractivity contribution in [3.63, 3.8) is 0 Å². The Balaban J connectivity index is 1.44. The largest absolute Gasteiger partial charge is 0.481 e. The molecule has 2 aromatic heterocycles. The van der Waals surface area contributed by atoms with Gasteiger partial charge in [0.15, 0.2) is 5.65 Å². The second-order valence-corrected chi connectivity index (χ2v) is 11.2. The summed E-state index contributed by atoms with van der Waals surface area (Å²) in [5.41, 5.74) is 2.71. The first-order valence-corrected chi connectivity index (χ1v) is 12.5. The molecule has 0 radical (unpaired) electrons. The van der Waals surface area contributed by atoms with Crippen LogP contribution in [0.4, 0.5) is 5.69 Å². The van der Waals surface area contributed by atoms with E-state index in [4.69, 9.17) is 4.84 Å². The van der Waals surface area contributed by atoms with Gasteiger partial charge in [-0.3, -0.25) is 13.9 Å². The summed E-state index contributed by atoms with van der Waals surface area (Å²) in [4.78, 5) is 21.6. The normalized spacial score (nSPS) is 23.9. The average Bonchev–Trinajstić information content (AvgIpc) is 3.33. The van der Waals surface area contributed by atoms with Gasteiger partial charge in [0.1, 0.15) is 5.60 Å². The van der Waals surface area contributed by atoms with Crippen LogP contribution in [0.15, 0.2) is 17.5 Å². The van der Waals surface area contributed by atoms with Gasteiger partial charge in [-0.05, 0) is 19.8 Å². The summed E-state index contributed by atoms with van der Waals surface area (Å²) in [6, 6.07) is 0.103. The predicted molar refractivity (Wildman–Crippen MR) is 118 cm³/mol. The number of pyridine rings is 1. The molecule has 1 saturated carbocycles. The Kier molecular flexibility index (Phi) is 4.87. The number of fused-ring (bicyclic) bond motifs is 1. The Morgan fingerprint density at radius 3 is 2.74 bits per heavy atom. The first-order valence-electron chi connectivity index (χ1n) is 10.6. The third-order valence-corrected chi connectivity index (χ3v) is 8.42. The van der Waals surface area contributed by atoms with Crippen LogP contribution in [0.3, 0.4) is 0 Å². The molecule has 0 amide bonds. The van der Waals surface area contributed by atoms with Crippen molar-refractivity contribution >= 4 is 39.0 Å². The van der Waals surface area contributed by atoms with E-state index in [0.717, 1.165) is 28.0 Å². The fraction of sp³-hybridized carbons (Fsp3) is 0.600. The molecule has 2 aromatic rings. The van der Waals surface area contributed by atoms with E-state index in [1.165, 1.54) is 0 Å². The molecule has 168 valence electrons. The van der Waals surface area contributed by atoms with Gasteiger partial charge in [0, 0.05) is 55.1 Å². The lowest BCUT2D eigenvalue weighted by molar-refractivity contribution is -0.162. The van der Waals surface area contributed by atoms with Crippen LogP contribution in [-0.2, 0) is 16.2 Å². The first kappa shape index (κ1) is 20.5. The lowest BCUT2D eigenvalue weighted by Crippen LogP contribution is -2.47. The number of anilines is 1. The molecule has 2 aliphatic heterocycles. The summed E-state index contributed by atoms with van der Waals surface area (Å²) >= 11 is 0. The van der Waals surface area contributed by atoms with Gasteiger partial charge in [0.2, 0.25) is 0 Å². The number of aryl methyl sites for hydroxylation is 1. The summed E-state index contributed by atoms with van der Waals surface area (Å²) in [7, 11) is -2.46. The first-order chi connectivity index (χ1) is 14.8. The van der Waals surface area contributed by atoms with Crippen LogP contribution in [0.1, 0.15) is 44.6 Å². The molecule has 2 fully saturated rings. The fourth-order valence-corrected chi connectivity index (χ4v) is 6.32. The molecule has 0 atom stereocenters. The summed E-state index contributed by atoms with van der Waals surface area (Å²) < 4.78 is 21.7. The van der Waals surface area contributed by atoms with E-state index in [9.17, 15) is 19.0 Å². The van der Waals surface area contributed by atoms with E-state index >= 15 is 0 Å². The lowest BCUT2D eigenvalue weighted by atomic mass is 9.68. The Morgan fingerprint density at radius 1 is 1.32 bits per heavy atom. The monoisotopic (exact) mass is 449 g/mol. The van der Waals surface area contributed by atoms with Crippen molar-refractivity contribution in [1.29, 1.82) is 0 Å². The molecule has 1 spiro atoms. The fourth-order valence-electron chi connectivity index (χ4n) is 4.79. The van der Waals surface area contributed by atoms with Crippen LogP contribution in [-0.4, -0.2) is 63.8 Å². The van der Waals surface area contributed by atoms with Crippen LogP contribution >= 0.6 is 10.6 Å². The zero-order valence-electron chi connectivity index (χ0n) is 17.3. The van der Waals surface area contributed by atoms with Crippen molar-refractivity contribution in [2.24, 2.45) is 11.1 Å². The number of carboxylic acids is 1. The van der Waals surface area contributed by atoms with Gasteiger partial charge >= 0.3 is 5.97 Å². The number of aromatic nitrogens is 3. The van der Waals surface area contributed by atoms with Crippen LogP contribution in [0, 0.1) is 5.92 Å². The SMILES string of the molecule is CCn1ncc2c(NC3CCS(O)(O)CC3)c(C3=NOC4(C3)CC(C(=O)O)C4)cnc21. The van der Waals surface area contributed by atoms with E-state index in [2.05, 4.69) is 20.6 Å². The van der Waals surface area contributed by atoms with Crippen molar-refractivity contribution in [2.45, 2.75) is 57.2 Å². The number of nitrogens with one attached hydrogen (secondary N) is 1. The number of oxime groups is 1. The van der Waals surface area contributed by atoms with E-state index in [-0.39, 0.29) is 12.0 Å². The molecule has 10 nitrogen and oxygen atoms in total. The van der Waals surface area contributed by atoms with Gasteiger partial charge in [0.25, 0.3) is 0 Å². The zero-order valence-corrected chi connectivity index (χ0v) is 18.1. The van der Waals surface area contributed by atoms with E-state index in [0.29, 0.717) is 50.2 Å². The van der Waals surface area contributed by atoms with Crippen molar-refractivity contribution < 1.29 is 23.8 Å². The van der Waals surface area contributed by atoms with Gasteiger partial charge in [-0.15, -0.1) is 0 Å². The number of hydrogen-bond donors (Lipinski definition) is 4. The maximum absolute atomic E-state index is 11.2. The minimum Gasteiger partial charge on any atom is -0.481 e. The van der Waals surface area contributed by atoms with Crippen LogP contribution in [0.2, 0.25) is 0 Å². The smallest absolute Gasteiger partial charge is 0.306 e. The average molecular weight is 450 g/mol. The second-order valence-electron chi connectivity index (χ2n) is 8.81. The van der Waals surface area contributed by atoms with Gasteiger partial charge in [-0.1, -0.05) is 5.16 Å². The van der Waals surface area contributed by atoms with Crippen LogP contribution < -0.4 is 5.32 Å². The minimum absolute atomic E-state index is 0.103. The maximum atomic E-state index is 11.2. The molecular formula is C20H27N5O5S. The highest BCUT2D eigenvalue weighted by atomic mass is 32.3. The topological polar surface area (TPSA) is 142 Å². The number of hydrogen-bond acceptors (Lipinski definition) is 8. The number of aliphatic carboxylic acids is 1. The van der Waals surface area contributed by atoms with Gasteiger partial charge in [0.05, 0.1) is 28.9 Å². The van der Waals surface area contributed by atoms with Crippen molar-refractivity contribution in [1.82, 2.24) is 14.8 Å². The Labute approximate surface area is 181 Å². The molecule has 0 bridgehead atoms. The van der Waals surface area contributed by atoms with Crippen LogP contribution in [0.25, 0.3) is 11.0 Å². The molecule has 11 heteroatoms. The third-order valence-electron chi connectivity index (χ3n) is 6.64. The standard InChI is InChI=1S/C20H27N5O5S/c1-2-25-18-15(11-22-25)17(23-13-3-5-31(28,29)6-4-13)14(10-21-18)16-9-20(30-24-16)7-12(8-20)19(26)27/h10-13,28-29H,2-9H2,1H3,(H,21,23)(H,26,27). The Bertz CT molecular complexity index is 1050. The van der Waals surface area contributed by atoms with E-state index in [1.807, 2.05) is 11.6 Å². The molecule has 4 heterocycles.